The molecular formula is C15H30N4O. The number of hydrogen-bond donors (Lipinski definition) is 1. The quantitative estimate of drug-likeness (QED) is 0.750. The Labute approximate surface area is 123 Å². The molecule has 1 aromatic heterocycles. The Morgan fingerprint density at radius 1 is 1.30 bits per heavy atom. The van der Waals surface area contributed by atoms with Crippen LogP contribution in [0.2, 0.25) is 0 Å². The second kappa shape index (κ2) is 8.39. The van der Waals surface area contributed by atoms with E-state index in [4.69, 9.17) is 4.52 Å². The Hall–Kier alpha value is -0.910. The third-order valence-corrected chi connectivity index (χ3v) is 3.32. The van der Waals surface area contributed by atoms with E-state index in [1.54, 1.807) is 0 Å². The van der Waals surface area contributed by atoms with Crippen LogP contribution in [0.1, 0.15) is 39.1 Å². The largest absolute Gasteiger partial charge is 0.360 e. The summed E-state index contributed by atoms with van der Waals surface area (Å²) in [7, 11) is 4.21. The molecule has 0 saturated heterocycles. The van der Waals surface area contributed by atoms with E-state index in [1.165, 1.54) is 0 Å². The first-order valence-electron chi connectivity index (χ1n) is 7.49. The summed E-state index contributed by atoms with van der Waals surface area (Å²) in [5.74, 6) is 0.943. The summed E-state index contributed by atoms with van der Waals surface area (Å²) in [6.45, 7) is 12.3. The molecule has 1 heterocycles. The number of likely N-dealkylation sites (N-methyl/N-ethyl adjacent to an activating group) is 2. The molecule has 0 aliphatic rings. The van der Waals surface area contributed by atoms with Crippen molar-refractivity contribution in [2.24, 2.45) is 0 Å². The highest BCUT2D eigenvalue weighted by Crippen LogP contribution is 2.10. The van der Waals surface area contributed by atoms with Crippen molar-refractivity contribution >= 4 is 0 Å². The van der Waals surface area contributed by atoms with Crippen LogP contribution < -0.4 is 5.32 Å². The number of nitrogens with zero attached hydrogens (tertiary/aromatic N) is 3. The molecule has 0 aliphatic heterocycles. The fourth-order valence-corrected chi connectivity index (χ4v) is 2.25. The zero-order chi connectivity index (χ0) is 15.1. The number of rotatable bonds is 9. The molecule has 5 heteroatoms. The fourth-order valence-electron chi connectivity index (χ4n) is 2.25. The summed E-state index contributed by atoms with van der Waals surface area (Å²) >= 11 is 0. The second-order valence-electron chi connectivity index (χ2n) is 5.99. The van der Waals surface area contributed by atoms with Crippen LogP contribution in [0.5, 0.6) is 0 Å². The van der Waals surface area contributed by atoms with Crippen molar-refractivity contribution < 1.29 is 4.52 Å². The van der Waals surface area contributed by atoms with Crippen molar-refractivity contribution in [3.8, 4) is 0 Å². The van der Waals surface area contributed by atoms with Gasteiger partial charge in [-0.2, -0.15) is 0 Å². The lowest BCUT2D eigenvalue weighted by Gasteiger charge is -2.28. The van der Waals surface area contributed by atoms with Crippen LogP contribution in [0.3, 0.4) is 0 Å². The van der Waals surface area contributed by atoms with Crippen LogP contribution in [-0.2, 0) is 13.1 Å². The van der Waals surface area contributed by atoms with Gasteiger partial charge < -0.3 is 14.7 Å². The standard InChI is InChI=1S/C15H30N4O/c1-7-19(13(4)10-18(5)6)11-15-8-14(17-20-15)9-16-12(2)3/h8,12-13,16H,7,9-11H2,1-6H3. The summed E-state index contributed by atoms with van der Waals surface area (Å²) in [6, 6.07) is 3.01. The van der Waals surface area contributed by atoms with E-state index < -0.39 is 0 Å². The highest BCUT2D eigenvalue weighted by molar-refractivity contribution is 5.05. The lowest BCUT2D eigenvalue weighted by molar-refractivity contribution is 0.158. The zero-order valence-corrected chi connectivity index (χ0v) is 13.8. The molecule has 5 nitrogen and oxygen atoms in total. The molecule has 0 bridgehead atoms. The van der Waals surface area contributed by atoms with Gasteiger partial charge in [-0.05, 0) is 27.6 Å². The van der Waals surface area contributed by atoms with E-state index in [2.05, 4.69) is 68.1 Å². The van der Waals surface area contributed by atoms with Gasteiger partial charge in [0.1, 0.15) is 0 Å². The lowest BCUT2D eigenvalue weighted by Crippen LogP contribution is -2.39. The minimum Gasteiger partial charge on any atom is -0.360 e. The van der Waals surface area contributed by atoms with E-state index in [1.807, 2.05) is 0 Å². The Balaban J connectivity index is 2.53. The molecule has 0 spiro atoms. The molecule has 20 heavy (non-hydrogen) atoms. The van der Waals surface area contributed by atoms with Crippen molar-refractivity contribution in [3.05, 3.63) is 17.5 Å². The summed E-state index contributed by atoms with van der Waals surface area (Å²) in [5.41, 5.74) is 0.977. The topological polar surface area (TPSA) is 44.5 Å². The van der Waals surface area contributed by atoms with Crippen molar-refractivity contribution in [3.63, 3.8) is 0 Å². The van der Waals surface area contributed by atoms with Gasteiger partial charge in [0.15, 0.2) is 5.76 Å². The van der Waals surface area contributed by atoms with Gasteiger partial charge in [0, 0.05) is 31.2 Å². The summed E-state index contributed by atoms with van der Waals surface area (Å²) in [4.78, 5) is 4.62. The zero-order valence-electron chi connectivity index (χ0n) is 13.8. The SMILES string of the molecule is CCN(Cc1cc(CNC(C)C)no1)C(C)CN(C)C. The summed E-state index contributed by atoms with van der Waals surface area (Å²) in [6.07, 6.45) is 0. The highest BCUT2D eigenvalue weighted by Gasteiger charge is 2.15. The van der Waals surface area contributed by atoms with Crippen molar-refractivity contribution in [2.75, 3.05) is 27.2 Å². The van der Waals surface area contributed by atoms with E-state index >= 15 is 0 Å². The Morgan fingerprint density at radius 2 is 2.00 bits per heavy atom. The monoisotopic (exact) mass is 282 g/mol. The van der Waals surface area contributed by atoms with Crippen LogP contribution in [0.4, 0.5) is 0 Å². The predicted octanol–water partition coefficient (Wildman–Crippen LogP) is 1.94. The minimum absolute atomic E-state index is 0.461. The van der Waals surface area contributed by atoms with Crippen LogP contribution in [0.25, 0.3) is 0 Å². The second-order valence-corrected chi connectivity index (χ2v) is 5.99. The first-order chi connectivity index (χ1) is 9.42. The molecular weight excluding hydrogens is 252 g/mol. The summed E-state index contributed by atoms with van der Waals surface area (Å²) < 4.78 is 5.44. The van der Waals surface area contributed by atoms with E-state index in [-0.39, 0.29) is 0 Å². The molecule has 1 rings (SSSR count). The smallest absolute Gasteiger partial charge is 0.151 e. The van der Waals surface area contributed by atoms with Crippen LogP contribution >= 0.6 is 0 Å². The van der Waals surface area contributed by atoms with Crippen molar-refractivity contribution in [1.82, 2.24) is 20.3 Å². The fraction of sp³-hybridized carbons (Fsp3) is 0.800. The first kappa shape index (κ1) is 17.1. The minimum atomic E-state index is 0.461. The van der Waals surface area contributed by atoms with Gasteiger partial charge in [-0.3, -0.25) is 4.90 Å². The summed E-state index contributed by atoms with van der Waals surface area (Å²) in [5, 5.41) is 7.47. The van der Waals surface area contributed by atoms with Crippen LogP contribution in [0, 0.1) is 0 Å². The molecule has 1 N–H and O–H groups in total. The van der Waals surface area contributed by atoms with Gasteiger partial charge in [0.2, 0.25) is 0 Å². The maximum atomic E-state index is 5.44. The van der Waals surface area contributed by atoms with Crippen molar-refractivity contribution in [1.29, 1.82) is 0 Å². The average molecular weight is 282 g/mol. The average Bonchev–Trinajstić information content (AvgIpc) is 2.80. The highest BCUT2D eigenvalue weighted by atomic mass is 16.5. The lowest BCUT2D eigenvalue weighted by atomic mass is 10.2. The molecule has 0 saturated carbocycles. The van der Waals surface area contributed by atoms with E-state index in [0.29, 0.717) is 12.1 Å². The first-order valence-corrected chi connectivity index (χ1v) is 7.49. The van der Waals surface area contributed by atoms with Gasteiger partial charge in [-0.15, -0.1) is 0 Å². The molecule has 0 amide bonds. The van der Waals surface area contributed by atoms with Crippen LogP contribution in [0.15, 0.2) is 10.6 Å². The molecule has 1 atom stereocenters. The molecule has 0 aromatic carbocycles. The van der Waals surface area contributed by atoms with E-state index in [0.717, 1.165) is 37.6 Å². The third-order valence-electron chi connectivity index (χ3n) is 3.32. The van der Waals surface area contributed by atoms with Gasteiger partial charge in [-0.25, -0.2) is 0 Å². The maximum absolute atomic E-state index is 5.44. The van der Waals surface area contributed by atoms with E-state index in [9.17, 15) is 0 Å². The predicted molar refractivity (Wildman–Crippen MR) is 82.6 cm³/mol. The molecule has 1 aromatic rings. The molecule has 1 unspecified atom stereocenters. The molecule has 0 radical (unpaired) electrons. The normalized spacial score (nSPS) is 13.7. The number of nitrogens with one attached hydrogen (secondary N) is 1. The third kappa shape index (κ3) is 6.03. The Morgan fingerprint density at radius 3 is 2.55 bits per heavy atom. The maximum Gasteiger partial charge on any atom is 0.151 e. The van der Waals surface area contributed by atoms with Gasteiger partial charge in [-0.1, -0.05) is 25.9 Å². The Bertz CT molecular complexity index is 376. The molecule has 0 fully saturated rings. The van der Waals surface area contributed by atoms with Gasteiger partial charge in [0.05, 0.1) is 12.2 Å². The van der Waals surface area contributed by atoms with Gasteiger partial charge in [0.25, 0.3) is 0 Å². The molecule has 0 aliphatic carbocycles. The van der Waals surface area contributed by atoms with Crippen molar-refractivity contribution in [2.45, 2.75) is 52.9 Å². The van der Waals surface area contributed by atoms with Crippen LogP contribution in [-0.4, -0.2) is 54.2 Å². The Kier molecular flexibility index (Phi) is 7.19. The number of aromatic nitrogens is 1. The number of hydrogen-bond acceptors (Lipinski definition) is 5. The van der Waals surface area contributed by atoms with Gasteiger partial charge >= 0.3 is 0 Å². The molecule has 116 valence electrons.